The Bertz CT molecular complexity index is 792. The average molecular weight is 290 g/mol. The predicted octanol–water partition coefficient (Wildman–Crippen LogP) is 3.30. The Kier molecular flexibility index (Phi) is 3.24. The Balaban J connectivity index is 2.44. The van der Waals surface area contributed by atoms with Gasteiger partial charge in [0.25, 0.3) is 0 Å². The van der Waals surface area contributed by atoms with Gasteiger partial charge in [0, 0.05) is 0 Å². The van der Waals surface area contributed by atoms with Crippen LogP contribution in [0.2, 0.25) is 0 Å². The smallest absolute Gasteiger partial charge is 0.349 e. The number of hydrogen-bond donors (Lipinski definition) is 1. The summed E-state index contributed by atoms with van der Waals surface area (Å²) in [5, 5.41) is 10.9. The van der Waals surface area contributed by atoms with Crippen molar-refractivity contribution in [3.05, 3.63) is 60.2 Å². The van der Waals surface area contributed by atoms with Crippen LogP contribution in [0.15, 0.2) is 48.5 Å². The number of nitrogens with zero attached hydrogens (tertiary/aromatic N) is 2. The third kappa shape index (κ3) is 1.98. The molecule has 1 heterocycles. The van der Waals surface area contributed by atoms with Crippen LogP contribution in [-0.2, 0) is 5.88 Å². The lowest BCUT2D eigenvalue weighted by atomic mass is 10.1. The van der Waals surface area contributed by atoms with E-state index in [2.05, 4.69) is 4.98 Å². The van der Waals surface area contributed by atoms with Crippen LogP contribution in [0, 0.1) is 5.82 Å². The molecule has 1 aromatic heterocycles. The maximum absolute atomic E-state index is 14.0. The zero-order valence-corrected chi connectivity index (χ0v) is 11.2. The van der Waals surface area contributed by atoms with Crippen molar-refractivity contribution in [2.75, 3.05) is 0 Å². The fourth-order valence-corrected chi connectivity index (χ4v) is 2.37. The second-order valence-corrected chi connectivity index (χ2v) is 4.59. The molecule has 0 fully saturated rings. The molecule has 0 spiro atoms. The van der Waals surface area contributed by atoms with E-state index >= 15 is 0 Å². The first-order chi connectivity index (χ1) is 9.72. The van der Waals surface area contributed by atoms with E-state index in [1.807, 2.05) is 12.1 Å². The first kappa shape index (κ1) is 12.8. The molecule has 0 aliphatic rings. The van der Waals surface area contributed by atoms with Crippen molar-refractivity contribution in [2.24, 2.45) is 0 Å². The minimum absolute atomic E-state index is 0.0305. The lowest BCUT2D eigenvalue weighted by Crippen LogP contribution is -2.39. The molecule has 2 aromatic carbocycles. The molecule has 0 saturated carbocycles. The van der Waals surface area contributed by atoms with Crippen molar-refractivity contribution >= 4 is 22.5 Å². The molecule has 3 rings (SSSR count). The van der Waals surface area contributed by atoms with E-state index in [1.165, 1.54) is 6.07 Å². The highest BCUT2D eigenvalue weighted by molar-refractivity contribution is 6.16. The van der Waals surface area contributed by atoms with Gasteiger partial charge >= 0.3 is 5.82 Å². The van der Waals surface area contributed by atoms with Gasteiger partial charge in [-0.1, -0.05) is 24.3 Å². The minimum atomic E-state index is -0.410. The summed E-state index contributed by atoms with van der Waals surface area (Å²) >= 11 is 5.79. The first-order valence-corrected chi connectivity index (χ1v) is 6.59. The Labute approximate surface area is 119 Å². The Morgan fingerprint density at radius 1 is 1.10 bits per heavy atom. The van der Waals surface area contributed by atoms with E-state index in [0.717, 1.165) is 4.73 Å². The van der Waals surface area contributed by atoms with Crippen LogP contribution in [0.1, 0.15) is 5.82 Å². The molecule has 1 N–H and O–H groups in total. The number of benzene rings is 2. The number of para-hydroxylation sites is 1. The number of fused-ring (bicyclic) bond motifs is 1. The number of hydrogen-bond acceptors (Lipinski definition) is 2. The molecule has 0 unspecified atom stereocenters. The number of rotatable bonds is 2. The van der Waals surface area contributed by atoms with Crippen LogP contribution in [-0.4, -0.2) is 10.2 Å². The zero-order chi connectivity index (χ0) is 14.1. The van der Waals surface area contributed by atoms with Crippen molar-refractivity contribution in [1.82, 2.24) is 4.98 Å². The standard InChI is InChI=1S/C15H11ClFN2O/c16-9-14-18-13-8-4-2-6-11(13)15(19(14)20)10-5-1-3-7-12(10)17/h1-8,20H,9H2/q+1. The topological polar surface area (TPSA) is 37.0 Å². The van der Waals surface area contributed by atoms with Gasteiger partial charge in [0.05, 0.1) is 10.9 Å². The van der Waals surface area contributed by atoms with Crippen molar-refractivity contribution < 1.29 is 14.3 Å². The Morgan fingerprint density at radius 3 is 2.55 bits per heavy atom. The van der Waals surface area contributed by atoms with E-state index in [-0.39, 0.29) is 11.7 Å². The molecule has 3 nitrogen and oxygen atoms in total. The molecule has 0 amide bonds. The zero-order valence-electron chi connectivity index (χ0n) is 10.4. The lowest BCUT2D eigenvalue weighted by Gasteiger charge is -2.06. The third-order valence-corrected chi connectivity index (χ3v) is 3.35. The van der Waals surface area contributed by atoms with Gasteiger partial charge in [-0.25, -0.2) is 4.39 Å². The Hall–Kier alpha value is -2.20. The van der Waals surface area contributed by atoms with Crippen LogP contribution < -0.4 is 4.73 Å². The maximum Gasteiger partial charge on any atom is 0.352 e. The monoisotopic (exact) mass is 289 g/mol. The highest BCUT2D eigenvalue weighted by atomic mass is 35.5. The summed E-state index contributed by atoms with van der Waals surface area (Å²) in [5.74, 6) is -0.112. The number of halogens is 2. The van der Waals surface area contributed by atoms with Crippen LogP contribution >= 0.6 is 11.6 Å². The third-order valence-electron chi connectivity index (χ3n) is 3.11. The maximum atomic E-state index is 14.0. The summed E-state index contributed by atoms with van der Waals surface area (Å²) < 4.78 is 14.9. The van der Waals surface area contributed by atoms with Gasteiger partial charge in [-0.15, -0.1) is 11.6 Å². The fraction of sp³-hybridized carbons (Fsp3) is 0.0667. The highest BCUT2D eigenvalue weighted by Gasteiger charge is 2.24. The van der Waals surface area contributed by atoms with Crippen molar-refractivity contribution in [3.63, 3.8) is 0 Å². The predicted molar refractivity (Wildman–Crippen MR) is 74.1 cm³/mol. The second-order valence-electron chi connectivity index (χ2n) is 4.32. The van der Waals surface area contributed by atoms with Gasteiger partial charge in [-0.05, 0) is 34.0 Å². The average Bonchev–Trinajstić information content (AvgIpc) is 2.48. The summed E-state index contributed by atoms with van der Waals surface area (Å²) in [7, 11) is 0. The normalized spacial score (nSPS) is 10.9. The quantitative estimate of drug-likeness (QED) is 0.446. The van der Waals surface area contributed by atoms with E-state index in [4.69, 9.17) is 11.6 Å². The summed E-state index contributed by atoms with van der Waals surface area (Å²) in [4.78, 5) is 4.27. The first-order valence-electron chi connectivity index (χ1n) is 6.06. The molecule has 20 heavy (non-hydrogen) atoms. The molecule has 0 radical (unpaired) electrons. The molecule has 0 aliphatic carbocycles. The van der Waals surface area contributed by atoms with Gasteiger partial charge in [-0.3, -0.25) is 0 Å². The summed E-state index contributed by atoms with van der Waals surface area (Å²) in [6.45, 7) is 0. The molecule has 0 aliphatic heterocycles. The van der Waals surface area contributed by atoms with Gasteiger partial charge in [0.2, 0.25) is 0 Å². The molecular weight excluding hydrogens is 279 g/mol. The van der Waals surface area contributed by atoms with Crippen molar-refractivity contribution in [2.45, 2.75) is 5.88 Å². The molecule has 0 atom stereocenters. The largest absolute Gasteiger partial charge is 0.352 e. The molecule has 100 valence electrons. The van der Waals surface area contributed by atoms with Gasteiger partial charge in [0.1, 0.15) is 11.7 Å². The van der Waals surface area contributed by atoms with E-state index in [9.17, 15) is 9.60 Å². The van der Waals surface area contributed by atoms with Crippen LogP contribution in [0.3, 0.4) is 0 Å². The SMILES string of the molecule is O[n+]1c(CCl)nc2ccccc2c1-c1ccccc1F. The highest BCUT2D eigenvalue weighted by Crippen LogP contribution is 2.26. The van der Waals surface area contributed by atoms with Crippen LogP contribution in [0.25, 0.3) is 22.2 Å². The van der Waals surface area contributed by atoms with E-state index < -0.39 is 5.82 Å². The molecule has 3 aromatic rings. The Morgan fingerprint density at radius 2 is 1.80 bits per heavy atom. The molecular formula is C15H11ClFN2O+. The molecule has 0 saturated heterocycles. The number of alkyl halides is 1. The summed E-state index contributed by atoms with van der Waals surface area (Å²) in [5.41, 5.74) is 1.32. The lowest BCUT2D eigenvalue weighted by molar-refractivity contribution is -0.901. The summed E-state index contributed by atoms with van der Waals surface area (Å²) in [6.07, 6.45) is 0. The van der Waals surface area contributed by atoms with Crippen molar-refractivity contribution in [3.8, 4) is 11.3 Å². The van der Waals surface area contributed by atoms with E-state index in [0.29, 0.717) is 22.2 Å². The van der Waals surface area contributed by atoms with Crippen LogP contribution in [0.5, 0.6) is 0 Å². The van der Waals surface area contributed by atoms with Gasteiger partial charge in [0.15, 0.2) is 11.2 Å². The van der Waals surface area contributed by atoms with E-state index in [1.54, 1.807) is 30.3 Å². The molecule has 0 bridgehead atoms. The minimum Gasteiger partial charge on any atom is -0.349 e. The van der Waals surface area contributed by atoms with Gasteiger partial charge in [-0.2, -0.15) is 0 Å². The van der Waals surface area contributed by atoms with Crippen molar-refractivity contribution in [1.29, 1.82) is 0 Å². The van der Waals surface area contributed by atoms with Crippen LogP contribution in [0.4, 0.5) is 4.39 Å². The van der Waals surface area contributed by atoms with Gasteiger partial charge < -0.3 is 5.21 Å². The summed E-state index contributed by atoms with van der Waals surface area (Å²) in [6, 6.07) is 13.5. The number of aromatic nitrogens is 2. The fourth-order valence-electron chi connectivity index (χ4n) is 2.20. The second kappa shape index (κ2) is 5.06. The molecule has 5 heteroatoms.